The molecule has 92 valence electrons. The van der Waals surface area contributed by atoms with Crippen molar-refractivity contribution in [1.82, 2.24) is 5.32 Å². The second-order valence-corrected chi connectivity index (χ2v) is 3.27. The van der Waals surface area contributed by atoms with Crippen molar-refractivity contribution in [2.45, 2.75) is 13.8 Å². The molecule has 0 spiro atoms. The molecule has 1 aromatic rings. The molecule has 1 rings (SSSR count). The molecule has 0 fully saturated rings. The SMILES string of the molecule is CCNC(=O)OC(=O)N(CC)c1ccccc1. The third-order valence-corrected chi connectivity index (χ3v) is 2.11. The highest BCUT2D eigenvalue weighted by Gasteiger charge is 2.18. The normalized spacial score (nSPS) is 9.53. The quantitative estimate of drug-likeness (QED) is 0.820. The molecule has 0 saturated carbocycles. The van der Waals surface area contributed by atoms with E-state index in [0.29, 0.717) is 18.8 Å². The van der Waals surface area contributed by atoms with E-state index in [-0.39, 0.29) is 0 Å². The summed E-state index contributed by atoms with van der Waals surface area (Å²) in [5.41, 5.74) is 0.698. The van der Waals surface area contributed by atoms with Gasteiger partial charge in [0.25, 0.3) is 0 Å². The molecule has 0 radical (unpaired) electrons. The third-order valence-electron chi connectivity index (χ3n) is 2.11. The summed E-state index contributed by atoms with van der Waals surface area (Å²) in [4.78, 5) is 24.2. The van der Waals surface area contributed by atoms with Gasteiger partial charge in [-0.25, -0.2) is 9.59 Å². The van der Waals surface area contributed by atoms with Crippen molar-refractivity contribution in [3.63, 3.8) is 0 Å². The van der Waals surface area contributed by atoms with E-state index in [1.807, 2.05) is 25.1 Å². The number of hydrogen-bond acceptors (Lipinski definition) is 3. The first-order valence-electron chi connectivity index (χ1n) is 5.51. The number of carbonyl (C=O) groups is 2. The maximum Gasteiger partial charge on any atom is 0.423 e. The average molecular weight is 236 g/mol. The monoisotopic (exact) mass is 236 g/mol. The number of nitrogens with zero attached hydrogens (tertiary/aromatic N) is 1. The van der Waals surface area contributed by atoms with Crippen molar-refractivity contribution in [3.8, 4) is 0 Å². The summed E-state index contributed by atoms with van der Waals surface area (Å²) in [5, 5.41) is 2.40. The molecule has 1 aromatic carbocycles. The van der Waals surface area contributed by atoms with Crippen LogP contribution in [-0.4, -0.2) is 25.3 Å². The molecule has 0 atom stereocenters. The number of alkyl carbamates (subject to hydrolysis) is 1. The van der Waals surface area contributed by atoms with Gasteiger partial charge in [-0.2, -0.15) is 0 Å². The molecule has 0 aliphatic carbocycles. The Morgan fingerprint density at radius 3 is 2.41 bits per heavy atom. The molecule has 5 heteroatoms. The van der Waals surface area contributed by atoms with Gasteiger partial charge in [0.1, 0.15) is 0 Å². The molecule has 0 unspecified atom stereocenters. The Labute approximate surface area is 100 Å². The fourth-order valence-electron chi connectivity index (χ4n) is 1.34. The van der Waals surface area contributed by atoms with Crippen LogP contribution in [0.1, 0.15) is 13.8 Å². The summed E-state index contributed by atoms with van der Waals surface area (Å²) < 4.78 is 4.64. The fourth-order valence-corrected chi connectivity index (χ4v) is 1.34. The number of amides is 2. The van der Waals surface area contributed by atoms with E-state index >= 15 is 0 Å². The lowest BCUT2D eigenvalue weighted by molar-refractivity contribution is 0.155. The number of nitrogens with one attached hydrogen (secondary N) is 1. The Hall–Kier alpha value is -2.04. The van der Waals surface area contributed by atoms with Gasteiger partial charge in [-0.1, -0.05) is 18.2 Å². The van der Waals surface area contributed by atoms with Gasteiger partial charge in [-0.3, -0.25) is 4.90 Å². The molecule has 0 saturated heterocycles. The summed E-state index contributed by atoms with van der Waals surface area (Å²) in [7, 11) is 0. The second kappa shape index (κ2) is 6.52. The van der Waals surface area contributed by atoms with Crippen molar-refractivity contribution >= 4 is 17.9 Å². The van der Waals surface area contributed by atoms with Crippen LogP contribution in [0.2, 0.25) is 0 Å². The number of ether oxygens (including phenoxy) is 1. The molecule has 0 bridgehead atoms. The Bertz CT molecular complexity index is 379. The van der Waals surface area contributed by atoms with Gasteiger partial charge in [-0.15, -0.1) is 0 Å². The van der Waals surface area contributed by atoms with Gasteiger partial charge in [0.15, 0.2) is 0 Å². The number of carbonyl (C=O) groups excluding carboxylic acids is 2. The first kappa shape index (κ1) is 13.0. The van der Waals surface area contributed by atoms with E-state index in [2.05, 4.69) is 10.1 Å². The van der Waals surface area contributed by atoms with Gasteiger partial charge in [0.2, 0.25) is 0 Å². The molecule has 1 N–H and O–H groups in total. The largest absolute Gasteiger partial charge is 0.423 e. The van der Waals surface area contributed by atoms with Gasteiger partial charge in [0.05, 0.1) is 0 Å². The van der Waals surface area contributed by atoms with Crippen LogP contribution < -0.4 is 10.2 Å². The first-order chi connectivity index (χ1) is 8.19. The van der Waals surface area contributed by atoms with Crippen molar-refractivity contribution in [1.29, 1.82) is 0 Å². The number of hydrogen-bond donors (Lipinski definition) is 1. The maximum atomic E-state index is 11.7. The minimum atomic E-state index is -0.730. The summed E-state index contributed by atoms with van der Waals surface area (Å²) in [5.74, 6) is 0. The van der Waals surface area contributed by atoms with Crippen LogP contribution in [0.3, 0.4) is 0 Å². The number of benzene rings is 1. The van der Waals surface area contributed by atoms with E-state index in [0.717, 1.165) is 0 Å². The lowest BCUT2D eigenvalue weighted by atomic mass is 10.3. The van der Waals surface area contributed by atoms with Crippen LogP contribution in [0.15, 0.2) is 30.3 Å². The molecule has 2 amide bonds. The van der Waals surface area contributed by atoms with Gasteiger partial charge in [0, 0.05) is 18.8 Å². The van der Waals surface area contributed by atoms with Crippen LogP contribution in [0.5, 0.6) is 0 Å². The second-order valence-electron chi connectivity index (χ2n) is 3.27. The van der Waals surface area contributed by atoms with Crippen molar-refractivity contribution in [2.24, 2.45) is 0 Å². The molecule has 0 heterocycles. The molecule has 0 aliphatic rings. The topological polar surface area (TPSA) is 58.6 Å². The Morgan fingerprint density at radius 2 is 1.88 bits per heavy atom. The standard InChI is InChI=1S/C12H16N2O3/c1-3-13-11(15)17-12(16)14(4-2)10-8-6-5-7-9-10/h5-9H,3-4H2,1-2H3,(H,13,15). The third kappa shape index (κ3) is 3.79. The molecule has 0 aromatic heterocycles. The zero-order chi connectivity index (χ0) is 12.7. The van der Waals surface area contributed by atoms with E-state index < -0.39 is 12.2 Å². The predicted molar refractivity (Wildman–Crippen MR) is 65.0 cm³/mol. The van der Waals surface area contributed by atoms with Crippen molar-refractivity contribution in [3.05, 3.63) is 30.3 Å². The van der Waals surface area contributed by atoms with E-state index in [9.17, 15) is 9.59 Å². The van der Waals surface area contributed by atoms with Crippen LogP contribution >= 0.6 is 0 Å². The summed E-state index contributed by atoms with van der Waals surface area (Å²) in [6.45, 7) is 4.42. The van der Waals surface area contributed by atoms with E-state index in [1.54, 1.807) is 19.1 Å². The lowest BCUT2D eigenvalue weighted by Gasteiger charge is -2.19. The average Bonchev–Trinajstić information content (AvgIpc) is 2.31. The number of rotatable bonds is 3. The highest BCUT2D eigenvalue weighted by Crippen LogP contribution is 2.13. The van der Waals surface area contributed by atoms with Gasteiger partial charge >= 0.3 is 12.2 Å². The van der Waals surface area contributed by atoms with Gasteiger partial charge in [-0.05, 0) is 26.0 Å². The van der Waals surface area contributed by atoms with Crippen LogP contribution in [0, 0.1) is 0 Å². The van der Waals surface area contributed by atoms with Gasteiger partial charge < -0.3 is 10.1 Å². The molecule has 5 nitrogen and oxygen atoms in total. The summed E-state index contributed by atoms with van der Waals surface area (Å²) in [6.07, 6.45) is -1.41. The van der Waals surface area contributed by atoms with E-state index in [1.165, 1.54) is 4.90 Å². The van der Waals surface area contributed by atoms with Crippen LogP contribution in [0.4, 0.5) is 15.3 Å². The number of para-hydroxylation sites is 1. The minimum absolute atomic E-state index is 0.420. The van der Waals surface area contributed by atoms with Crippen molar-refractivity contribution in [2.75, 3.05) is 18.0 Å². The Kier molecular flexibility index (Phi) is 5.00. The number of anilines is 1. The first-order valence-corrected chi connectivity index (χ1v) is 5.51. The zero-order valence-corrected chi connectivity index (χ0v) is 9.97. The highest BCUT2D eigenvalue weighted by molar-refractivity contribution is 5.94. The van der Waals surface area contributed by atoms with E-state index in [4.69, 9.17) is 0 Å². The van der Waals surface area contributed by atoms with Crippen LogP contribution in [-0.2, 0) is 4.74 Å². The molecule has 17 heavy (non-hydrogen) atoms. The van der Waals surface area contributed by atoms with Crippen LogP contribution in [0.25, 0.3) is 0 Å². The Balaban J connectivity index is 2.68. The highest BCUT2D eigenvalue weighted by atomic mass is 16.6. The fraction of sp³-hybridized carbons (Fsp3) is 0.333. The maximum absolute atomic E-state index is 11.7. The Morgan fingerprint density at radius 1 is 1.24 bits per heavy atom. The smallest absolute Gasteiger partial charge is 0.359 e. The summed E-state index contributed by atoms with van der Waals surface area (Å²) in [6, 6.07) is 9.05. The molecule has 0 aliphatic heterocycles. The molecular weight excluding hydrogens is 220 g/mol. The minimum Gasteiger partial charge on any atom is -0.359 e. The predicted octanol–water partition coefficient (Wildman–Crippen LogP) is 2.38. The summed E-state index contributed by atoms with van der Waals surface area (Å²) >= 11 is 0. The lowest BCUT2D eigenvalue weighted by Crippen LogP contribution is -2.36. The molecular formula is C12H16N2O3. The zero-order valence-electron chi connectivity index (χ0n) is 9.97. The van der Waals surface area contributed by atoms with Crippen molar-refractivity contribution < 1.29 is 14.3 Å².